The van der Waals surface area contributed by atoms with E-state index in [0.717, 1.165) is 25.7 Å². The number of aliphatic hydroxyl groups is 2. The third-order valence-corrected chi connectivity index (χ3v) is 4.73. The third kappa shape index (κ3) is 3.44. The van der Waals surface area contributed by atoms with Crippen LogP contribution in [0.15, 0.2) is 0 Å². The molecule has 0 radical (unpaired) electrons. The number of fused-ring (bicyclic) bond motifs is 6. The molecule has 4 rings (SSSR count). The lowest BCUT2D eigenvalue weighted by atomic mass is 9.98. The minimum absolute atomic E-state index is 0.0350. The van der Waals surface area contributed by atoms with E-state index in [1.807, 2.05) is 0 Å². The van der Waals surface area contributed by atoms with E-state index in [0.29, 0.717) is 19.6 Å². The first-order chi connectivity index (χ1) is 10.7. The largest absolute Gasteiger partial charge is 0.387 e. The Hall–Kier alpha value is -0.730. The van der Waals surface area contributed by atoms with Crippen LogP contribution in [0, 0.1) is 5.92 Å². The highest BCUT2D eigenvalue weighted by Crippen LogP contribution is 2.27. The first-order valence-corrected chi connectivity index (χ1v) is 8.19. The topological polar surface area (TPSA) is 97.3 Å². The maximum absolute atomic E-state index is 12.1. The predicted octanol–water partition coefficient (Wildman–Crippen LogP) is -0.455. The van der Waals surface area contributed by atoms with E-state index in [2.05, 4.69) is 5.32 Å². The molecule has 4 fully saturated rings. The summed E-state index contributed by atoms with van der Waals surface area (Å²) in [5.41, 5.74) is 0. The molecule has 5 atom stereocenters. The zero-order chi connectivity index (χ0) is 15.5. The highest BCUT2D eigenvalue weighted by atomic mass is 16.7. The molecular formula is C15H25NO6. The van der Waals surface area contributed by atoms with Crippen LogP contribution in [-0.4, -0.2) is 66.6 Å². The van der Waals surface area contributed by atoms with Crippen molar-refractivity contribution in [2.24, 2.45) is 5.92 Å². The van der Waals surface area contributed by atoms with Crippen LogP contribution in [0.3, 0.4) is 0 Å². The normalized spacial score (nSPS) is 40.0. The van der Waals surface area contributed by atoms with Crippen LogP contribution in [0.2, 0.25) is 0 Å². The molecule has 2 bridgehead atoms. The number of amides is 1. The molecule has 3 heterocycles. The smallest absolute Gasteiger partial charge is 0.223 e. The van der Waals surface area contributed by atoms with E-state index < -0.39 is 30.7 Å². The highest BCUT2D eigenvalue weighted by molar-refractivity contribution is 5.78. The lowest BCUT2D eigenvalue weighted by Crippen LogP contribution is -2.61. The van der Waals surface area contributed by atoms with E-state index in [1.54, 1.807) is 0 Å². The Morgan fingerprint density at radius 2 is 1.77 bits per heavy atom. The van der Waals surface area contributed by atoms with Gasteiger partial charge in [0.15, 0.2) is 6.29 Å². The molecule has 4 aliphatic rings. The zero-order valence-electron chi connectivity index (χ0n) is 12.6. The van der Waals surface area contributed by atoms with Gasteiger partial charge >= 0.3 is 0 Å². The summed E-state index contributed by atoms with van der Waals surface area (Å²) in [6.45, 7) is 1.09. The van der Waals surface area contributed by atoms with Crippen molar-refractivity contribution in [3.8, 4) is 0 Å². The van der Waals surface area contributed by atoms with Crippen molar-refractivity contribution >= 4 is 5.91 Å². The number of carbonyl (C=O) groups is 1. The Morgan fingerprint density at radius 1 is 1.05 bits per heavy atom. The molecule has 1 saturated carbocycles. The van der Waals surface area contributed by atoms with Crippen molar-refractivity contribution in [3.05, 3.63) is 0 Å². The molecule has 5 unspecified atom stereocenters. The third-order valence-electron chi connectivity index (χ3n) is 4.73. The molecule has 1 amide bonds. The fourth-order valence-corrected chi connectivity index (χ4v) is 3.42. The average molecular weight is 315 g/mol. The summed E-state index contributed by atoms with van der Waals surface area (Å²) in [4.78, 5) is 12.1. The second kappa shape index (κ2) is 7.23. The number of hydrogen-bond acceptors (Lipinski definition) is 6. The van der Waals surface area contributed by atoms with Crippen molar-refractivity contribution < 1.29 is 29.2 Å². The zero-order valence-corrected chi connectivity index (χ0v) is 12.6. The highest BCUT2D eigenvalue weighted by Gasteiger charge is 2.46. The SMILES string of the molecule is O=C(NCC1OC2OCCCOC1C(O)C2O)C1CCCC1. The molecule has 0 spiro atoms. The van der Waals surface area contributed by atoms with Gasteiger partial charge in [-0.25, -0.2) is 0 Å². The quantitative estimate of drug-likeness (QED) is 0.652. The van der Waals surface area contributed by atoms with Crippen LogP contribution in [0.1, 0.15) is 32.1 Å². The van der Waals surface area contributed by atoms with Crippen LogP contribution >= 0.6 is 0 Å². The number of aliphatic hydroxyl groups excluding tert-OH is 2. The van der Waals surface area contributed by atoms with E-state index >= 15 is 0 Å². The van der Waals surface area contributed by atoms with Crippen molar-refractivity contribution in [2.75, 3.05) is 19.8 Å². The first-order valence-electron chi connectivity index (χ1n) is 8.19. The second-order valence-electron chi connectivity index (χ2n) is 6.31. The molecule has 0 aromatic rings. The van der Waals surface area contributed by atoms with Crippen molar-refractivity contribution in [3.63, 3.8) is 0 Å². The van der Waals surface area contributed by atoms with Gasteiger partial charge < -0.3 is 29.7 Å². The first kappa shape index (κ1) is 16.1. The molecule has 3 aliphatic heterocycles. The fourth-order valence-electron chi connectivity index (χ4n) is 3.42. The van der Waals surface area contributed by atoms with Crippen LogP contribution in [0.25, 0.3) is 0 Å². The molecule has 1 aliphatic carbocycles. The summed E-state index contributed by atoms with van der Waals surface area (Å²) in [6.07, 6.45) is 0.487. The number of rotatable bonds is 3. The summed E-state index contributed by atoms with van der Waals surface area (Å²) >= 11 is 0. The maximum Gasteiger partial charge on any atom is 0.223 e. The van der Waals surface area contributed by atoms with E-state index in [1.165, 1.54) is 0 Å². The molecule has 0 aromatic carbocycles. The lowest BCUT2D eigenvalue weighted by molar-refractivity contribution is -0.292. The van der Waals surface area contributed by atoms with Gasteiger partial charge in [-0.05, 0) is 19.3 Å². The van der Waals surface area contributed by atoms with Crippen LogP contribution in [0.5, 0.6) is 0 Å². The molecule has 0 aromatic heterocycles. The van der Waals surface area contributed by atoms with Gasteiger partial charge in [-0.2, -0.15) is 0 Å². The van der Waals surface area contributed by atoms with Crippen LogP contribution < -0.4 is 5.32 Å². The minimum Gasteiger partial charge on any atom is -0.387 e. The maximum atomic E-state index is 12.1. The van der Waals surface area contributed by atoms with E-state index in [9.17, 15) is 15.0 Å². The standard InChI is InChI=1S/C15H25NO6/c17-11-12(18)15-21-7-3-6-20-13(11)10(22-15)8-16-14(19)9-4-1-2-5-9/h9-13,15,17-18H,1-8H2,(H,16,19). The Kier molecular flexibility index (Phi) is 5.30. The minimum atomic E-state index is -1.13. The molecule has 7 nitrogen and oxygen atoms in total. The van der Waals surface area contributed by atoms with Crippen molar-refractivity contribution in [2.45, 2.75) is 62.8 Å². The molecular weight excluding hydrogens is 290 g/mol. The lowest BCUT2D eigenvalue weighted by Gasteiger charge is -2.41. The van der Waals surface area contributed by atoms with Gasteiger partial charge in [0, 0.05) is 19.1 Å². The molecule has 7 heteroatoms. The Morgan fingerprint density at radius 3 is 2.55 bits per heavy atom. The van der Waals surface area contributed by atoms with Gasteiger partial charge in [0.05, 0.1) is 6.61 Å². The summed E-state index contributed by atoms with van der Waals surface area (Å²) < 4.78 is 16.8. The number of ether oxygens (including phenoxy) is 3. The molecule has 126 valence electrons. The molecule has 3 saturated heterocycles. The summed E-state index contributed by atoms with van der Waals surface area (Å²) in [7, 11) is 0. The van der Waals surface area contributed by atoms with Crippen LogP contribution in [-0.2, 0) is 19.0 Å². The second-order valence-corrected chi connectivity index (χ2v) is 6.31. The Labute approximate surface area is 129 Å². The summed E-state index contributed by atoms with van der Waals surface area (Å²) in [5, 5.41) is 23.1. The predicted molar refractivity (Wildman–Crippen MR) is 76.0 cm³/mol. The number of nitrogens with one attached hydrogen (secondary N) is 1. The van der Waals surface area contributed by atoms with Gasteiger partial charge in [0.1, 0.15) is 24.4 Å². The van der Waals surface area contributed by atoms with Gasteiger partial charge in [-0.15, -0.1) is 0 Å². The Bertz CT molecular complexity index is 384. The van der Waals surface area contributed by atoms with Gasteiger partial charge in [-0.1, -0.05) is 12.8 Å². The van der Waals surface area contributed by atoms with Gasteiger partial charge in [0.25, 0.3) is 0 Å². The Balaban J connectivity index is 1.60. The molecule has 3 N–H and O–H groups in total. The van der Waals surface area contributed by atoms with Crippen LogP contribution in [0.4, 0.5) is 0 Å². The average Bonchev–Trinajstić information content (AvgIpc) is 3.07. The monoisotopic (exact) mass is 315 g/mol. The van der Waals surface area contributed by atoms with Gasteiger partial charge in [-0.3, -0.25) is 4.79 Å². The van der Waals surface area contributed by atoms with E-state index in [4.69, 9.17) is 14.2 Å². The number of carbonyl (C=O) groups excluding carboxylic acids is 1. The summed E-state index contributed by atoms with van der Waals surface area (Å²) in [6, 6.07) is 0. The van der Waals surface area contributed by atoms with E-state index in [-0.39, 0.29) is 18.4 Å². The number of hydrogen-bond donors (Lipinski definition) is 3. The van der Waals surface area contributed by atoms with Gasteiger partial charge in [0.2, 0.25) is 5.91 Å². The molecule has 22 heavy (non-hydrogen) atoms. The van der Waals surface area contributed by atoms with Crippen molar-refractivity contribution in [1.82, 2.24) is 5.32 Å². The summed E-state index contributed by atoms with van der Waals surface area (Å²) in [5.74, 6) is 0.119. The van der Waals surface area contributed by atoms with Crippen molar-refractivity contribution in [1.29, 1.82) is 0 Å². The fraction of sp³-hybridized carbons (Fsp3) is 0.933.